The van der Waals surface area contributed by atoms with Gasteiger partial charge in [-0.2, -0.15) is 0 Å². The molecule has 2 aliphatic rings. The van der Waals surface area contributed by atoms with Crippen molar-refractivity contribution in [2.24, 2.45) is 0 Å². The molecule has 0 saturated carbocycles. The average Bonchev–Trinajstić information content (AvgIpc) is 3.24. The van der Waals surface area contributed by atoms with Crippen LogP contribution in [0.5, 0.6) is 0 Å². The minimum atomic E-state index is -0.723. The molecule has 0 aliphatic carbocycles. The van der Waals surface area contributed by atoms with Gasteiger partial charge in [0.2, 0.25) is 0 Å². The first kappa shape index (κ1) is 23.9. The maximum atomic E-state index is 12.9. The van der Waals surface area contributed by atoms with Gasteiger partial charge in [-0.3, -0.25) is 14.5 Å². The standard InChI is InChI=1S/C25H33N3O4S/c1-19-26-22(17-33-19)24(31)28-13-14-32-25(18-28)9-11-27(12-10-25)16-21-7-4-6-20(15-21)5-2-3-8-23(29)30/h4,6-7,15,17H,2-3,5,8-14,16,18H2,1H3,(H,29,30). The summed E-state index contributed by atoms with van der Waals surface area (Å²) in [6.07, 6.45) is 4.61. The zero-order valence-electron chi connectivity index (χ0n) is 19.3. The zero-order chi connectivity index (χ0) is 23.3. The summed E-state index contributed by atoms with van der Waals surface area (Å²) in [7, 11) is 0. The van der Waals surface area contributed by atoms with Crippen molar-refractivity contribution < 1.29 is 19.4 Å². The second-order valence-electron chi connectivity index (χ2n) is 9.21. The number of aliphatic carboxylic acids is 1. The summed E-state index contributed by atoms with van der Waals surface area (Å²) in [5.74, 6) is -0.705. The third-order valence-corrected chi connectivity index (χ3v) is 7.42. The average molecular weight is 472 g/mol. The van der Waals surface area contributed by atoms with E-state index in [-0.39, 0.29) is 17.9 Å². The largest absolute Gasteiger partial charge is 0.481 e. The highest BCUT2D eigenvalue weighted by atomic mass is 32.1. The number of aromatic nitrogens is 1. The highest BCUT2D eigenvalue weighted by Crippen LogP contribution is 2.31. The maximum absolute atomic E-state index is 12.9. The summed E-state index contributed by atoms with van der Waals surface area (Å²) < 4.78 is 6.24. The van der Waals surface area contributed by atoms with E-state index in [0.29, 0.717) is 25.4 Å². The number of nitrogens with zero attached hydrogens (tertiary/aromatic N) is 3. The first-order valence-corrected chi connectivity index (χ1v) is 12.7. The third-order valence-electron chi connectivity index (χ3n) is 6.64. The summed E-state index contributed by atoms with van der Waals surface area (Å²) >= 11 is 1.51. The van der Waals surface area contributed by atoms with E-state index in [9.17, 15) is 9.59 Å². The number of carboxylic acids is 1. The summed E-state index contributed by atoms with van der Waals surface area (Å²) in [6, 6.07) is 8.64. The lowest BCUT2D eigenvalue weighted by Crippen LogP contribution is -2.58. The molecule has 1 amide bonds. The zero-order valence-corrected chi connectivity index (χ0v) is 20.1. The van der Waals surface area contributed by atoms with Crippen molar-refractivity contribution in [2.45, 2.75) is 57.6 Å². The molecule has 4 rings (SSSR count). The number of aryl methyl sites for hydroxylation is 2. The summed E-state index contributed by atoms with van der Waals surface area (Å²) in [4.78, 5) is 32.3. The molecular formula is C25H33N3O4S. The van der Waals surface area contributed by atoms with Crippen LogP contribution in [0.3, 0.4) is 0 Å². The molecule has 7 nitrogen and oxygen atoms in total. The number of piperidine rings is 1. The maximum Gasteiger partial charge on any atom is 0.303 e. The topological polar surface area (TPSA) is 83.0 Å². The first-order chi connectivity index (χ1) is 15.9. The van der Waals surface area contributed by atoms with E-state index in [4.69, 9.17) is 9.84 Å². The van der Waals surface area contributed by atoms with Gasteiger partial charge >= 0.3 is 5.97 Å². The Bertz CT molecular complexity index is 968. The number of carbonyl (C=O) groups excluding carboxylic acids is 1. The van der Waals surface area contributed by atoms with E-state index < -0.39 is 5.97 Å². The van der Waals surface area contributed by atoms with Crippen LogP contribution in [-0.4, -0.2) is 70.2 Å². The van der Waals surface area contributed by atoms with Crippen molar-refractivity contribution >= 4 is 23.2 Å². The van der Waals surface area contributed by atoms with Crippen LogP contribution in [0.2, 0.25) is 0 Å². The highest BCUT2D eigenvalue weighted by Gasteiger charge is 2.41. The summed E-state index contributed by atoms with van der Waals surface area (Å²) in [5, 5.41) is 11.6. The molecule has 33 heavy (non-hydrogen) atoms. The Hall–Kier alpha value is -2.29. The molecule has 1 N–H and O–H groups in total. The molecule has 3 heterocycles. The Labute approximate surface area is 199 Å². The Kier molecular flexibility index (Phi) is 7.78. The van der Waals surface area contributed by atoms with E-state index in [1.54, 1.807) is 0 Å². The highest BCUT2D eigenvalue weighted by molar-refractivity contribution is 7.09. The van der Waals surface area contributed by atoms with Crippen molar-refractivity contribution in [3.8, 4) is 0 Å². The Morgan fingerprint density at radius 3 is 2.70 bits per heavy atom. The van der Waals surface area contributed by atoms with Crippen LogP contribution in [0.25, 0.3) is 0 Å². The molecule has 2 saturated heterocycles. The van der Waals surface area contributed by atoms with Crippen LogP contribution in [0, 0.1) is 6.92 Å². The number of benzene rings is 1. The minimum absolute atomic E-state index is 0.0182. The number of morpholine rings is 1. The molecule has 0 bridgehead atoms. The predicted molar refractivity (Wildman–Crippen MR) is 128 cm³/mol. The van der Waals surface area contributed by atoms with Gasteiger partial charge in [-0.15, -0.1) is 11.3 Å². The van der Waals surface area contributed by atoms with Crippen molar-refractivity contribution in [1.82, 2.24) is 14.8 Å². The van der Waals surface area contributed by atoms with E-state index in [1.165, 1.54) is 22.5 Å². The Morgan fingerprint density at radius 1 is 1.18 bits per heavy atom. The Morgan fingerprint density at radius 2 is 1.97 bits per heavy atom. The minimum Gasteiger partial charge on any atom is -0.481 e. The number of rotatable bonds is 8. The number of amides is 1. The van der Waals surface area contributed by atoms with Crippen LogP contribution in [-0.2, 0) is 22.5 Å². The fourth-order valence-electron chi connectivity index (χ4n) is 4.81. The lowest BCUT2D eigenvalue weighted by Gasteiger charge is -2.47. The third kappa shape index (κ3) is 6.40. The molecule has 178 valence electrons. The smallest absolute Gasteiger partial charge is 0.303 e. The lowest BCUT2D eigenvalue weighted by atomic mass is 9.89. The van der Waals surface area contributed by atoms with E-state index in [2.05, 4.69) is 34.1 Å². The van der Waals surface area contributed by atoms with Gasteiger partial charge in [-0.05, 0) is 50.2 Å². The number of carbonyl (C=O) groups is 2. The van der Waals surface area contributed by atoms with E-state index in [1.807, 2.05) is 17.2 Å². The van der Waals surface area contributed by atoms with E-state index in [0.717, 1.165) is 56.7 Å². The number of hydrogen-bond acceptors (Lipinski definition) is 6. The Balaban J connectivity index is 1.27. The molecule has 1 aromatic carbocycles. The molecule has 1 spiro atoms. The SMILES string of the molecule is Cc1nc(C(=O)N2CCOC3(CCN(Cc4cccc(CCCCC(=O)O)c4)CC3)C2)cs1. The second-order valence-corrected chi connectivity index (χ2v) is 10.3. The number of hydrogen-bond donors (Lipinski definition) is 1. The van der Waals surface area contributed by atoms with Gasteiger partial charge in [0.15, 0.2) is 0 Å². The van der Waals surface area contributed by atoms with Gasteiger partial charge in [-0.1, -0.05) is 24.3 Å². The van der Waals surface area contributed by atoms with Crippen molar-refractivity contribution in [1.29, 1.82) is 0 Å². The van der Waals surface area contributed by atoms with Gasteiger partial charge in [0.1, 0.15) is 5.69 Å². The fraction of sp³-hybridized carbons (Fsp3) is 0.560. The van der Waals surface area contributed by atoms with Gasteiger partial charge in [-0.25, -0.2) is 4.98 Å². The van der Waals surface area contributed by atoms with Gasteiger partial charge in [0, 0.05) is 38.0 Å². The van der Waals surface area contributed by atoms with Gasteiger partial charge in [0.05, 0.1) is 23.8 Å². The quantitative estimate of drug-likeness (QED) is 0.591. The molecule has 8 heteroatoms. The monoisotopic (exact) mass is 471 g/mol. The molecule has 0 unspecified atom stereocenters. The molecule has 1 aromatic heterocycles. The summed E-state index contributed by atoms with van der Waals surface area (Å²) in [5.41, 5.74) is 2.87. The van der Waals surface area contributed by atoms with Crippen LogP contribution < -0.4 is 0 Å². The molecule has 2 aromatic rings. The fourth-order valence-corrected chi connectivity index (χ4v) is 5.40. The normalized spacial score (nSPS) is 18.5. The van der Waals surface area contributed by atoms with Crippen LogP contribution >= 0.6 is 11.3 Å². The number of unbranched alkanes of at least 4 members (excludes halogenated alkanes) is 1. The van der Waals surface area contributed by atoms with Crippen molar-refractivity contribution in [3.63, 3.8) is 0 Å². The van der Waals surface area contributed by atoms with Crippen LogP contribution in [0.1, 0.15) is 58.7 Å². The number of ether oxygens (including phenoxy) is 1. The van der Waals surface area contributed by atoms with Crippen molar-refractivity contribution in [2.75, 3.05) is 32.8 Å². The molecule has 2 fully saturated rings. The second kappa shape index (κ2) is 10.8. The van der Waals surface area contributed by atoms with Crippen LogP contribution in [0.15, 0.2) is 29.6 Å². The lowest BCUT2D eigenvalue weighted by molar-refractivity contribution is -0.137. The molecular weight excluding hydrogens is 438 g/mol. The predicted octanol–water partition coefficient (Wildman–Crippen LogP) is 3.76. The first-order valence-electron chi connectivity index (χ1n) is 11.8. The molecule has 2 aliphatic heterocycles. The number of carboxylic acid groups (broad SMARTS) is 1. The summed E-state index contributed by atoms with van der Waals surface area (Å²) in [6.45, 7) is 6.56. The van der Waals surface area contributed by atoms with Crippen LogP contribution in [0.4, 0.5) is 0 Å². The van der Waals surface area contributed by atoms with Gasteiger partial charge < -0.3 is 14.7 Å². The van der Waals surface area contributed by atoms with E-state index >= 15 is 0 Å². The van der Waals surface area contributed by atoms with Crippen molar-refractivity contribution in [3.05, 3.63) is 51.5 Å². The molecule has 0 radical (unpaired) electrons. The van der Waals surface area contributed by atoms with Gasteiger partial charge in [0.25, 0.3) is 5.91 Å². The number of thiazole rings is 1. The molecule has 0 atom stereocenters. The number of likely N-dealkylation sites (tertiary alicyclic amines) is 1.